The number of nitrogens with zero attached hydrogens (tertiary/aromatic N) is 2. The van der Waals surface area contributed by atoms with Crippen LogP contribution in [0.5, 0.6) is 0 Å². The van der Waals surface area contributed by atoms with Gasteiger partial charge in [-0.05, 0) is 24.3 Å². The first kappa shape index (κ1) is 12.3. The number of nitrogens with two attached hydrogens (primary N) is 1. The molecule has 0 fully saturated rings. The Kier molecular flexibility index (Phi) is 3.43. The van der Waals surface area contributed by atoms with E-state index in [4.69, 9.17) is 17.3 Å². The summed E-state index contributed by atoms with van der Waals surface area (Å²) in [6, 6.07) is 7.06. The summed E-state index contributed by atoms with van der Waals surface area (Å²) in [7, 11) is 1.52. The summed E-state index contributed by atoms with van der Waals surface area (Å²) in [6.07, 6.45) is 1.41. The van der Waals surface area contributed by atoms with Crippen molar-refractivity contribution in [1.29, 1.82) is 0 Å². The van der Waals surface area contributed by atoms with E-state index in [1.807, 2.05) is 0 Å². The average Bonchev–Trinajstić information content (AvgIpc) is 2.38. The van der Waals surface area contributed by atoms with Gasteiger partial charge in [-0.25, -0.2) is 9.97 Å². The number of anilines is 1. The van der Waals surface area contributed by atoms with Crippen LogP contribution in [0.4, 0.5) is 5.82 Å². The molecule has 0 saturated carbocycles. The molecule has 0 radical (unpaired) electrons. The van der Waals surface area contributed by atoms with E-state index in [2.05, 4.69) is 15.3 Å². The first-order valence-electron chi connectivity index (χ1n) is 5.22. The lowest BCUT2D eigenvalue weighted by atomic mass is 10.2. The minimum absolute atomic E-state index is 0.148. The molecule has 1 aromatic heterocycles. The zero-order valence-corrected chi connectivity index (χ0v) is 10.4. The molecule has 0 unspecified atom stereocenters. The van der Waals surface area contributed by atoms with Crippen LogP contribution in [0.2, 0.25) is 5.02 Å². The summed E-state index contributed by atoms with van der Waals surface area (Å²) in [4.78, 5) is 19.7. The van der Waals surface area contributed by atoms with E-state index in [0.29, 0.717) is 10.8 Å². The zero-order chi connectivity index (χ0) is 13.1. The van der Waals surface area contributed by atoms with Gasteiger partial charge in [-0.3, -0.25) is 4.79 Å². The van der Waals surface area contributed by atoms with Crippen molar-refractivity contribution in [1.82, 2.24) is 15.3 Å². The Hall–Kier alpha value is -2.14. The lowest BCUT2D eigenvalue weighted by molar-refractivity contribution is 0.0963. The molecular weight excluding hydrogens is 252 g/mol. The van der Waals surface area contributed by atoms with Gasteiger partial charge in [0.1, 0.15) is 5.82 Å². The Morgan fingerprint density at radius 3 is 2.56 bits per heavy atom. The minimum atomic E-state index is -0.310. The van der Waals surface area contributed by atoms with Gasteiger partial charge in [0.15, 0.2) is 5.82 Å². The Morgan fingerprint density at radius 1 is 1.33 bits per heavy atom. The number of nitrogens with one attached hydrogen (secondary N) is 1. The van der Waals surface area contributed by atoms with Gasteiger partial charge in [0.25, 0.3) is 5.91 Å². The van der Waals surface area contributed by atoms with Crippen LogP contribution < -0.4 is 11.1 Å². The summed E-state index contributed by atoms with van der Waals surface area (Å²) in [5.74, 6) is 0.293. The first-order valence-corrected chi connectivity index (χ1v) is 5.60. The standard InChI is InChI=1S/C12H11ClN4O/c1-15-12(18)9-6-16-11(17-10(9)14)7-2-4-8(13)5-3-7/h2-6H,1H3,(H,15,18)(H2,14,16,17). The van der Waals surface area contributed by atoms with E-state index in [1.165, 1.54) is 13.2 Å². The van der Waals surface area contributed by atoms with E-state index in [-0.39, 0.29) is 17.3 Å². The fourth-order valence-electron chi connectivity index (χ4n) is 1.44. The molecule has 18 heavy (non-hydrogen) atoms. The van der Waals surface area contributed by atoms with E-state index >= 15 is 0 Å². The largest absolute Gasteiger partial charge is 0.383 e. The van der Waals surface area contributed by atoms with Gasteiger partial charge in [-0.2, -0.15) is 0 Å². The van der Waals surface area contributed by atoms with Crippen molar-refractivity contribution in [2.45, 2.75) is 0 Å². The van der Waals surface area contributed by atoms with Crippen LogP contribution in [-0.2, 0) is 0 Å². The summed E-state index contributed by atoms with van der Waals surface area (Å²) in [5.41, 5.74) is 6.77. The number of carbonyl (C=O) groups is 1. The molecule has 1 amide bonds. The van der Waals surface area contributed by atoms with Gasteiger partial charge in [0.2, 0.25) is 0 Å². The number of halogens is 1. The van der Waals surface area contributed by atoms with Crippen LogP contribution in [0.15, 0.2) is 30.5 Å². The molecule has 1 heterocycles. The minimum Gasteiger partial charge on any atom is -0.383 e. The second-order valence-corrected chi connectivity index (χ2v) is 4.01. The number of nitrogen functional groups attached to an aromatic ring is 1. The fourth-order valence-corrected chi connectivity index (χ4v) is 1.57. The Balaban J connectivity index is 2.40. The van der Waals surface area contributed by atoms with Crippen LogP contribution >= 0.6 is 11.6 Å². The van der Waals surface area contributed by atoms with Crippen LogP contribution in [0.25, 0.3) is 11.4 Å². The van der Waals surface area contributed by atoms with Crippen molar-refractivity contribution >= 4 is 23.3 Å². The predicted molar refractivity (Wildman–Crippen MR) is 70.3 cm³/mol. The number of amides is 1. The van der Waals surface area contributed by atoms with E-state index in [0.717, 1.165) is 5.56 Å². The SMILES string of the molecule is CNC(=O)c1cnc(-c2ccc(Cl)cc2)nc1N. The number of rotatable bonds is 2. The molecule has 0 aliphatic rings. The highest BCUT2D eigenvalue weighted by Crippen LogP contribution is 2.19. The van der Waals surface area contributed by atoms with Gasteiger partial charge in [0.05, 0.1) is 5.56 Å². The van der Waals surface area contributed by atoms with E-state index < -0.39 is 0 Å². The number of aromatic nitrogens is 2. The van der Waals surface area contributed by atoms with Crippen LogP contribution in [0, 0.1) is 0 Å². The number of hydrogen-bond donors (Lipinski definition) is 2. The van der Waals surface area contributed by atoms with E-state index in [1.54, 1.807) is 24.3 Å². The van der Waals surface area contributed by atoms with E-state index in [9.17, 15) is 4.79 Å². The second kappa shape index (κ2) is 5.01. The summed E-state index contributed by atoms with van der Waals surface area (Å²) in [6.45, 7) is 0. The first-order chi connectivity index (χ1) is 8.61. The Labute approximate surface area is 109 Å². The van der Waals surface area contributed by atoms with Crippen molar-refractivity contribution < 1.29 is 4.79 Å². The van der Waals surface area contributed by atoms with Crippen molar-refractivity contribution in [2.24, 2.45) is 0 Å². The van der Waals surface area contributed by atoms with Crippen molar-refractivity contribution in [3.05, 3.63) is 41.0 Å². The molecule has 0 bridgehead atoms. The Bertz CT molecular complexity index is 583. The van der Waals surface area contributed by atoms with Crippen molar-refractivity contribution in [2.75, 3.05) is 12.8 Å². The highest BCUT2D eigenvalue weighted by Gasteiger charge is 2.11. The molecule has 5 nitrogen and oxygen atoms in total. The Morgan fingerprint density at radius 2 is 2.00 bits per heavy atom. The normalized spacial score (nSPS) is 10.1. The molecule has 1 aromatic carbocycles. The van der Waals surface area contributed by atoms with Gasteiger partial charge >= 0.3 is 0 Å². The molecule has 0 atom stereocenters. The monoisotopic (exact) mass is 262 g/mol. The van der Waals surface area contributed by atoms with Crippen LogP contribution in [-0.4, -0.2) is 22.9 Å². The number of carbonyl (C=O) groups excluding carboxylic acids is 1. The molecule has 0 spiro atoms. The fraction of sp³-hybridized carbons (Fsp3) is 0.0833. The third-order valence-electron chi connectivity index (χ3n) is 2.39. The third-order valence-corrected chi connectivity index (χ3v) is 2.64. The zero-order valence-electron chi connectivity index (χ0n) is 9.64. The molecule has 0 aliphatic carbocycles. The lowest BCUT2D eigenvalue weighted by Gasteiger charge is -2.05. The highest BCUT2D eigenvalue weighted by atomic mass is 35.5. The molecule has 92 valence electrons. The van der Waals surface area contributed by atoms with Crippen molar-refractivity contribution in [3.63, 3.8) is 0 Å². The second-order valence-electron chi connectivity index (χ2n) is 3.58. The molecular formula is C12H11ClN4O. The quantitative estimate of drug-likeness (QED) is 0.864. The maximum absolute atomic E-state index is 11.4. The lowest BCUT2D eigenvalue weighted by Crippen LogP contribution is -2.20. The molecule has 3 N–H and O–H groups in total. The number of hydrogen-bond acceptors (Lipinski definition) is 4. The summed E-state index contributed by atoms with van der Waals surface area (Å²) >= 11 is 5.80. The number of benzene rings is 1. The molecule has 2 aromatic rings. The average molecular weight is 263 g/mol. The van der Waals surface area contributed by atoms with Crippen LogP contribution in [0.1, 0.15) is 10.4 Å². The topological polar surface area (TPSA) is 80.9 Å². The molecule has 0 aliphatic heterocycles. The smallest absolute Gasteiger partial charge is 0.256 e. The summed E-state index contributed by atoms with van der Waals surface area (Å²) in [5, 5.41) is 3.11. The molecule has 6 heteroatoms. The maximum atomic E-state index is 11.4. The summed E-state index contributed by atoms with van der Waals surface area (Å²) < 4.78 is 0. The molecule has 0 saturated heterocycles. The van der Waals surface area contributed by atoms with Gasteiger partial charge in [-0.15, -0.1) is 0 Å². The van der Waals surface area contributed by atoms with Gasteiger partial charge in [0, 0.05) is 23.8 Å². The highest BCUT2D eigenvalue weighted by molar-refractivity contribution is 6.30. The third kappa shape index (κ3) is 2.41. The van der Waals surface area contributed by atoms with Gasteiger partial charge in [-0.1, -0.05) is 11.6 Å². The molecule has 2 rings (SSSR count). The predicted octanol–water partition coefficient (Wildman–Crippen LogP) is 1.74. The van der Waals surface area contributed by atoms with Gasteiger partial charge < -0.3 is 11.1 Å². The van der Waals surface area contributed by atoms with Crippen molar-refractivity contribution in [3.8, 4) is 11.4 Å². The van der Waals surface area contributed by atoms with Crippen LogP contribution in [0.3, 0.4) is 0 Å². The maximum Gasteiger partial charge on any atom is 0.256 e.